The molecule has 0 saturated carbocycles. The number of hydrogen-bond donors (Lipinski definition) is 1. The second kappa shape index (κ2) is 5.76. The fourth-order valence-corrected chi connectivity index (χ4v) is 5.99. The second-order valence-electron chi connectivity index (χ2n) is 4.27. The van der Waals surface area contributed by atoms with Crippen LogP contribution in [0.4, 0.5) is 0 Å². The first-order chi connectivity index (χ1) is 8.45. The normalized spacial score (nSPS) is 19.3. The molecule has 0 aliphatic carbocycles. The van der Waals surface area contributed by atoms with Gasteiger partial charge >= 0.3 is 0 Å². The van der Waals surface area contributed by atoms with E-state index >= 15 is 0 Å². The van der Waals surface area contributed by atoms with Crippen LogP contribution in [0.15, 0.2) is 14.1 Å². The van der Waals surface area contributed by atoms with Gasteiger partial charge in [-0.3, -0.25) is 0 Å². The molecule has 1 aliphatic heterocycles. The van der Waals surface area contributed by atoms with Crippen LogP contribution in [0, 0.1) is 5.92 Å². The fraction of sp³-hybridized carbons (Fsp3) is 0.600. The maximum Gasteiger partial charge on any atom is 0.252 e. The monoisotopic (exact) mass is 372 g/mol. The summed E-state index contributed by atoms with van der Waals surface area (Å²) < 4.78 is 27.2. The predicted octanol–water partition coefficient (Wildman–Crippen LogP) is 2.52. The van der Waals surface area contributed by atoms with Gasteiger partial charge in [0.1, 0.15) is 4.21 Å². The van der Waals surface area contributed by atoms with Crippen LogP contribution in [0.25, 0.3) is 0 Å². The Balaban J connectivity index is 2.17. The zero-order valence-electron chi connectivity index (χ0n) is 9.60. The molecule has 0 amide bonds. The average Bonchev–Trinajstić information content (AvgIpc) is 2.70. The minimum atomic E-state index is -3.40. The van der Waals surface area contributed by atoms with Gasteiger partial charge in [-0.15, -0.1) is 11.3 Å². The molecule has 2 N–H and O–H groups in total. The molecule has 1 aromatic rings. The number of halogens is 2. The summed E-state index contributed by atoms with van der Waals surface area (Å²) in [4.78, 5) is 0. The molecule has 0 atom stereocenters. The van der Waals surface area contributed by atoms with Gasteiger partial charge in [0.25, 0.3) is 10.0 Å². The van der Waals surface area contributed by atoms with Gasteiger partial charge in [0, 0.05) is 13.1 Å². The van der Waals surface area contributed by atoms with Crippen LogP contribution in [-0.4, -0.2) is 32.4 Å². The highest BCUT2D eigenvalue weighted by Crippen LogP contribution is 2.36. The number of rotatable bonds is 3. The van der Waals surface area contributed by atoms with Crippen LogP contribution >= 0.6 is 38.9 Å². The molecule has 102 valence electrons. The third-order valence-electron chi connectivity index (χ3n) is 3.12. The lowest BCUT2D eigenvalue weighted by atomic mass is 9.99. The van der Waals surface area contributed by atoms with Gasteiger partial charge in [-0.05, 0) is 47.3 Å². The Kier molecular flexibility index (Phi) is 4.72. The van der Waals surface area contributed by atoms with E-state index in [1.807, 2.05) is 0 Å². The van der Waals surface area contributed by atoms with Crippen molar-refractivity contribution in [2.24, 2.45) is 11.7 Å². The van der Waals surface area contributed by atoms with Crippen molar-refractivity contribution < 1.29 is 8.42 Å². The quantitative estimate of drug-likeness (QED) is 0.885. The molecular weight excluding hydrogens is 360 g/mol. The first-order valence-corrected chi connectivity index (χ1v) is 9.03. The Bertz CT molecular complexity index is 504. The number of hydrogen-bond acceptors (Lipinski definition) is 4. The largest absolute Gasteiger partial charge is 0.330 e. The number of piperidine rings is 1. The zero-order valence-corrected chi connectivity index (χ0v) is 13.6. The smallest absolute Gasteiger partial charge is 0.252 e. The minimum absolute atomic E-state index is 0.297. The molecular formula is C10H14BrClN2O2S2. The Morgan fingerprint density at radius 3 is 2.56 bits per heavy atom. The summed E-state index contributed by atoms with van der Waals surface area (Å²) in [5.41, 5.74) is 5.60. The summed E-state index contributed by atoms with van der Waals surface area (Å²) in [6.45, 7) is 1.71. The molecule has 18 heavy (non-hydrogen) atoms. The lowest BCUT2D eigenvalue weighted by Gasteiger charge is -2.30. The summed E-state index contributed by atoms with van der Waals surface area (Å²) in [5, 5.41) is 0.440. The van der Waals surface area contributed by atoms with E-state index in [9.17, 15) is 8.42 Å². The van der Waals surface area contributed by atoms with Crippen LogP contribution in [0.1, 0.15) is 12.8 Å². The van der Waals surface area contributed by atoms with Crippen molar-refractivity contribution in [1.82, 2.24) is 4.31 Å². The van der Waals surface area contributed by atoms with E-state index in [4.69, 9.17) is 17.3 Å². The molecule has 0 bridgehead atoms. The summed E-state index contributed by atoms with van der Waals surface area (Å²) >= 11 is 10.3. The Morgan fingerprint density at radius 2 is 2.11 bits per heavy atom. The van der Waals surface area contributed by atoms with Crippen LogP contribution in [0.3, 0.4) is 0 Å². The van der Waals surface area contributed by atoms with Gasteiger partial charge in [-0.2, -0.15) is 4.31 Å². The topological polar surface area (TPSA) is 63.4 Å². The summed E-state index contributed by atoms with van der Waals surface area (Å²) in [6, 6.07) is 1.50. The van der Waals surface area contributed by atoms with Crippen molar-refractivity contribution >= 4 is 48.9 Å². The molecule has 1 saturated heterocycles. The summed E-state index contributed by atoms with van der Waals surface area (Å²) in [5.74, 6) is 0.440. The molecule has 0 spiro atoms. The number of sulfonamides is 1. The molecule has 1 aliphatic rings. The van der Waals surface area contributed by atoms with Gasteiger partial charge in [0.2, 0.25) is 0 Å². The molecule has 2 heterocycles. The lowest BCUT2D eigenvalue weighted by Crippen LogP contribution is -2.39. The van der Waals surface area contributed by atoms with Gasteiger partial charge in [0.05, 0.1) is 8.81 Å². The number of nitrogens with zero attached hydrogens (tertiary/aromatic N) is 1. The van der Waals surface area contributed by atoms with Crippen molar-refractivity contribution in [1.29, 1.82) is 0 Å². The molecule has 0 radical (unpaired) electrons. The number of thiophene rings is 1. The van der Waals surface area contributed by atoms with Crippen LogP contribution in [0.2, 0.25) is 5.02 Å². The van der Waals surface area contributed by atoms with Crippen molar-refractivity contribution in [3.05, 3.63) is 14.9 Å². The fourth-order valence-electron chi connectivity index (χ4n) is 1.97. The van der Waals surface area contributed by atoms with E-state index in [2.05, 4.69) is 15.9 Å². The summed E-state index contributed by atoms with van der Waals surface area (Å²) in [6.07, 6.45) is 1.66. The maximum atomic E-state index is 12.4. The first kappa shape index (κ1) is 14.7. The lowest BCUT2D eigenvalue weighted by molar-refractivity contribution is 0.279. The van der Waals surface area contributed by atoms with E-state index < -0.39 is 10.0 Å². The highest BCUT2D eigenvalue weighted by atomic mass is 79.9. The Hall–Kier alpha value is 0.340. The van der Waals surface area contributed by atoms with E-state index in [-0.39, 0.29) is 0 Å². The molecule has 1 fully saturated rings. The molecule has 0 aromatic carbocycles. The molecule has 4 nitrogen and oxygen atoms in total. The van der Waals surface area contributed by atoms with Gasteiger partial charge in [-0.25, -0.2) is 8.42 Å². The van der Waals surface area contributed by atoms with E-state index in [1.165, 1.54) is 10.4 Å². The van der Waals surface area contributed by atoms with Crippen molar-refractivity contribution in [3.63, 3.8) is 0 Å². The highest BCUT2D eigenvalue weighted by molar-refractivity contribution is 9.11. The molecule has 1 aromatic heterocycles. The maximum absolute atomic E-state index is 12.4. The predicted molar refractivity (Wildman–Crippen MR) is 77.6 cm³/mol. The third-order valence-corrected chi connectivity index (χ3v) is 7.95. The zero-order chi connectivity index (χ0) is 13.3. The van der Waals surface area contributed by atoms with Crippen molar-refractivity contribution in [3.8, 4) is 0 Å². The summed E-state index contributed by atoms with van der Waals surface area (Å²) in [7, 11) is -3.40. The minimum Gasteiger partial charge on any atom is -0.330 e. The standard InChI is InChI=1S/C10H14BrClN2O2S2/c11-10-8(12)5-9(17-10)18(15,16)14-3-1-7(6-13)2-4-14/h5,7H,1-4,6,13H2. The van der Waals surface area contributed by atoms with Crippen LogP contribution in [0.5, 0.6) is 0 Å². The SMILES string of the molecule is NCC1CCN(S(=O)(=O)c2cc(Cl)c(Br)s2)CC1. The molecule has 2 rings (SSSR count). The Morgan fingerprint density at radius 1 is 1.50 bits per heavy atom. The van der Waals surface area contributed by atoms with Crippen molar-refractivity contribution in [2.45, 2.75) is 17.1 Å². The second-order valence-corrected chi connectivity index (χ2v) is 9.21. The van der Waals surface area contributed by atoms with Crippen LogP contribution in [-0.2, 0) is 10.0 Å². The highest BCUT2D eigenvalue weighted by Gasteiger charge is 2.30. The molecule has 8 heteroatoms. The molecule has 0 unspecified atom stereocenters. The first-order valence-electron chi connectivity index (χ1n) is 5.60. The van der Waals surface area contributed by atoms with Gasteiger partial charge < -0.3 is 5.73 Å². The van der Waals surface area contributed by atoms with E-state index in [0.717, 1.165) is 24.2 Å². The third kappa shape index (κ3) is 2.91. The van der Waals surface area contributed by atoms with E-state index in [0.29, 0.717) is 38.6 Å². The van der Waals surface area contributed by atoms with Gasteiger partial charge in [0.15, 0.2) is 0 Å². The van der Waals surface area contributed by atoms with Crippen molar-refractivity contribution in [2.75, 3.05) is 19.6 Å². The van der Waals surface area contributed by atoms with Gasteiger partial charge in [-0.1, -0.05) is 11.6 Å². The van der Waals surface area contributed by atoms with Crippen LogP contribution < -0.4 is 5.73 Å². The average molecular weight is 374 g/mol. The number of nitrogens with two attached hydrogens (primary N) is 1. The Labute approximate surface area is 124 Å². The van der Waals surface area contributed by atoms with E-state index in [1.54, 1.807) is 0 Å².